The van der Waals surface area contributed by atoms with Crippen LogP contribution >= 0.6 is 27.7 Å². The van der Waals surface area contributed by atoms with Crippen LogP contribution in [0.4, 0.5) is 5.69 Å². The van der Waals surface area contributed by atoms with Crippen LogP contribution < -0.4 is 9.47 Å². The van der Waals surface area contributed by atoms with Crippen molar-refractivity contribution in [2.45, 2.75) is 20.8 Å². The monoisotopic (exact) mass is 474 g/mol. The lowest BCUT2D eigenvalue weighted by atomic mass is 10.2. The molecule has 0 bridgehead atoms. The van der Waals surface area contributed by atoms with E-state index >= 15 is 0 Å². The zero-order valence-corrected chi connectivity index (χ0v) is 19.0. The highest BCUT2D eigenvalue weighted by molar-refractivity contribution is 9.10. The van der Waals surface area contributed by atoms with Gasteiger partial charge < -0.3 is 9.47 Å². The summed E-state index contributed by atoms with van der Waals surface area (Å²) in [5, 5.41) is 0.667. The molecule has 0 aliphatic carbocycles. The van der Waals surface area contributed by atoms with E-state index in [0.29, 0.717) is 29.8 Å². The first-order valence-electron chi connectivity index (χ1n) is 9.51. The van der Waals surface area contributed by atoms with Crippen LogP contribution in [0.5, 0.6) is 11.5 Å². The second-order valence-corrected chi connectivity index (χ2v) is 8.02. The standard InChI is InChI=1S/C22H23BrN2O3S/c1-4-25-21(26)20(14-15-13-16(23)7-12-19(15)28-6-3)29-22(25)24-17-8-10-18(11-9-17)27-5-2/h7-14H,4-6H2,1-3H3/b20-14-,24-22?. The fraction of sp³-hybridized carbons (Fsp3) is 0.273. The zero-order valence-electron chi connectivity index (χ0n) is 16.6. The van der Waals surface area contributed by atoms with Gasteiger partial charge in [0.15, 0.2) is 5.17 Å². The van der Waals surface area contributed by atoms with E-state index in [2.05, 4.69) is 20.9 Å². The second-order valence-electron chi connectivity index (χ2n) is 6.10. The van der Waals surface area contributed by atoms with Crippen LogP contribution in [0.3, 0.4) is 0 Å². The van der Waals surface area contributed by atoms with Crippen molar-refractivity contribution in [2.24, 2.45) is 4.99 Å². The summed E-state index contributed by atoms with van der Waals surface area (Å²) < 4.78 is 12.1. The van der Waals surface area contributed by atoms with Crippen LogP contribution in [0.15, 0.2) is 56.8 Å². The van der Waals surface area contributed by atoms with Gasteiger partial charge in [-0.25, -0.2) is 4.99 Å². The predicted octanol–water partition coefficient (Wildman–Crippen LogP) is 5.87. The van der Waals surface area contributed by atoms with Gasteiger partial charge in [0.25, 0.3) is 5.91 Å². The number of aliphatic imine (C=N–C) groups is 1. The molecule has 1 heterocycles. The Labute approximate surface area is 183 Å². The van der Waals surface area contributed by atoms with Crippen molar-refractivity contribution in [1.29, 1.82) is 0 Å². The minimum Gasteiger partial charge on any atom is -0.494 e. The van der Waals surface area contributed by atoms with Crippen molar-refractivity contribution in [3.8, 4) is 11.5 Å². The number of amides is 1. The highest BCUT2D eigenvalue weighted by Gasteiger charge is 2.32. The van der Waals surface area contributed by atoms with E-state index < -0.39 is 0 Å². The second kappa shape index (κ2) is 9.98. The fourth-order valence-electron chi connectivity index (χ4n) is 2.82. The van der Waals surface area contributed by atoms with Gasteiger partial charge in [-0.3, -0.25) is 9.69 Å². The molecule has 1 saturated heterocycles. The van der Waals surface area contributed by atoms with Gasteiger partial charge in [-0.1, -0.05) is 15.9 Å². The number of ether oxygens (including phenoxy) is 2. The topological polar surface area (TPSA) is 51.1 Å². The Kier molecular flexibility index (Phi) is 7.39. The van der Waals surface area contributed by atoms with Crippen molar-refractivity contribution in [3.63, 3.8) is 0 Å². The molecule has 0 atom stereocenters. The first-order chi connectivity index (χ1) is 14.0. The van der Waals surface area contributed by atoms with Gasteiger partial charge in [0.1, 0.15) is 11.5 Å². The molecule has 0 radical (unpaired) electrons. The summed E-state index contributed by atoms with van der Waals surface area (Å²) in [7, 11) is 0. The lowest BCUT2D eigenvalue weighted by Crippen LogP contribution is -2.28. The Balaban J connectivity index is 1.91. The van der Waals surface area contributed by atoms with Crippen molar-refractivity contribution >= 4 is 50.5 Å². The molecule has 0 N–H and O–H groups in total. The summed E-state index contributed by atoms with van der Waals surface area (Å²) in [4.78, 5) is 19.9. The normalized spacial score (nSPS) is 16.7. The number of carbonyl (C=O) groups excluding carboxylic acids is 1. The Morgan fingerprint density at radius 1 is 1.07 bits per heavy atom. The number of nitrogens with zero attached hydrogens (tertiary/aromatic N) is 2. The lowest BCUT2D eigenvalue weighted by Gasteiger charge is -2.12. The molecule has 7 heteroatoms. The van der Waals surface area contributed by atoms with E-state index in [9.17, 15) is 4.79 Å². The molecular weight excluding hydrogens is 452 g/mol. The van der Waals surface area contributed by atoms with Crippen molar-refractivity contribution < 1.29 is 14.3 Å². The van der Waals surface area contributed by atoms with Crippen LogP contribution in [0.1, 0.15) is 26.3 Å². The van der Waals surface area contributed by atoms with Gasteiger partial charge >= 0.3 is 0 Å². The van der Waals surface area contributed by atoms with Crippen molar-refractivity contribution in [3.05, 3.63) is 57.4 Å². The number of rotatable bonds is 7. The molecule has 1 aliphatic rings. The highest BCUT2D eigenvalue weighted by Crippen LogP contribution is 2.36. The van der Waals surface area contributed by atoms with Crippen LogP contribution in [0.2, 0.25) is 0 Å². The third-order valence-electron chi connectivity index (χ3n) is 4.14. The quantitative estimate of drug-likeness (QED) is 0.470. The van der Waals surface area contributed by atoms with Crippen LogP contribution in [0, 0.1) is 0 Å². The van der Waals surface area contributed by atoms with Gasteiger partial charge in [0.2, 0.25) is 0 Å². The Morgan fingerprint density at radius 3 is 2.45 bits per heavy atom. The van der Waals surface area contributed by atoms with Gasteiger partial charge in [-0.05, 0) is 81.1 Å². The van der Waals surface area contributed by atoms with Gasteiger partial charge in [-0.2, -0.15) is 0 Å². The molecule has 0 spiro atoms. The molecule has 1 fully saturated rings. The Hall–Kier alpha value is -2.25. The molecule has 0 unspecified atom stereocenters. The molecule has 1 amide bonds. The molecule has 0 saturated carbocycles. The summed E-state index contributed by atoms with van der Waals surface area (Å²) in [6.07, 6.45) is 1.87. The number of halogens is 1. The van der Waals surface area contributed by atoms with E-state index in [1.807, 2.05) is 69.3 Å². The molecule has 2 aromatic carbocycles. The molecule has 1 aliphatic heterocycles. The largest absolute Gasteiger partial charge is 0.494 e. The number of hydrogen-bond acceptors (Lipinski definition) is 5. The Morgan fingerprint density at radius 2 is 1.79 bits per heavy atom. The summed E-state index contributed by atoms with van der Waals surface area (Å²) >= 11 is 4.86. The Bertz CT molecular complexity index is 942. The smallest absolute Gasteiger partial charge is 0.266 e. The third-order valence-corrected chi connectivity index (χ3v) is 5.63. The maximum Gasteiger partial charge on any atom is 0.266 e. The van der Waals surface area contributed by atoms with E-state index in [-0.39, 0.29) is 5.91 Å². The van der Waals surface area contributed by atoms with Crippen LogP contribution in [-0.2, 0) is 4.79 Å². The summed E-state index contributed by atoms with van der Waals surface area (Å²) in [5.41, 5.74) is 1.64. The zero-order chi connectivity index (χ0) is 20.8. The van der Waals surface area contributed by atoms with E-state index in [1.165, 1.54) is 11.8 Å². The van der Waals surface area contributed by atoms with E-state index in [4.69, 9.17) is 9.47 Å². The average molecular weight is 475 g/mol. The molecule has 3 rings (SSSR count). The van der Waals surface area contributed by atoms with E-state index in [0.717, 1.165) is 27.2 Å². The van der Waals surface area contributed by atoms with Gasteiger partial charge in [0, 0.05) is 16.6 Å². The van der Waals surface area contributed by atoms with Gasteiger partial charge in [0.05, 0.1) is 23.8 Å². The van der Waals surface area contributed by atoms with E-state index in [1.54, 1.807) is 4.90 Å². The summed E-state index contributed by atoms with van der Waals surface area (Å²) in [5.74, 6) is 1.50. The predicted molar refractivity (Wildman–Crippen MR) is 123 cm³/mol. The fourth-order valence-corrected chi connectivity index (χ4v) is 4.26. The van der Waals surface area contributed by atoms with Crippen LogP contribution in [0.25, 0.3) is 6.08 Å². The first-order valence-corrected chi connectivity index (χ1v) is 11.1. The summed E-state index contributed by atoms with van der Waals surface area (Å²) in [6.45, 7) is 7.56. The third kappa shape index (κ3) is 5.22. The number of likely N-dealkylation sites (N-methyl/N-ethyl adjacent to an activating group) is 1. The van der Waals surface area contributed by atoms with Crippen molar-refractivity contribution in [1.82, 2.24) is 4.90 Å². The minimum atomic E-state index is -0.0513. The van der Waals surface area contributed by atoms with Crippen molar-refractivity contribution in [2.75, 3.05) is 19.8 Å². The number of thioether (sulfide) groups is 1. The van der Waals surface area contributed by atoms with Crippen LogP contribution in [-0.4, -0.2) is 35.7 Å². The molecule has 29 heavy (non-hydrogen) atoms. The van der Waals surface area contributed by atoms with Gasteiger partial charge in [-0.15, -0.1) is 0 Å². The SMILES string of the molecule is CCOc1ccc(N=C2S/C(=C\c3cc(Br)ccc3OCC)C(=O)N2CC)cc1. The molecule has 2 aromatic rings. The maximum absolute atomic E-state index is 12.9. The highest BCUT2D eigenvalue weighted by atomic mass is 79.9. The molecular formula is C22H23BrN2O3S. The summed E-state index contributed by atoms with van der Waals surface area (Å²) in [6, 6.07) is 13.3. The number of amidine groups is 1. The number of benzene rings is 2. The molecule has 152 valence electrons. The number of hydrogen-bond donors (Lipinski definition) is 0. The maximum atomic E-state index is 12.9. The number of carbonyl (C=O) groups is 1. The molecule has 0 aromatic heterocycles. The molecule has 5 nitrogen and oxygen atoms in total. The first kappa shape index (κ1) is 21.5. The minimum absolute atomic E-state index is 0.0513. The average Bonchev–Trinajstić information content (AvgIpc) is 3.00. The lowest BCUT2D eigenvalue weighted by molar-refractivity contribution is -0.122.